The van der Waals surface area contributed by atoms with Crippen molar-refractivity contribution in [2.24, 2.45) is 0 Å². The van der Waals surface area contributed by atoms with Gasteiger partial charge >= 0.3 is 6.03 Å². The molecule has 0 unspecified atom stereocenters. The number of furan rings is 1. The maximum absolute atomic E-state index is 14.7. The van der Waals surface area contributed by atoms with E-state index < -0.39 is 17.9 Å². The summed E-state index contributed by atoms with van der Waals surface area (Å²) in [7, 11) is 0. The number of nitrogens with one attached hydrogen (secondary N) is 3. The molecule has 7 heteroatoms. The van der Waals surface area contributed by atoms with Crippen molar-refractivity contribution < 1.29 is 18.4 Å². The van der Waals surface area contributed by atoms with Gasteiger partial charge in [-0.2, -0.15) is 0 Å². The van der Waals surface area contributed by atoms with E-state index in [2.05, 4.69) is 16.0 Å². The lowest BCUT2D eigenvalue weighted by molar-refractivity contribution is 0.0945. The zero-order valence-electron chi connectivity index (χ0n) is 15.6. The Bertz CT molecular complexity index is 1090. The SMILES string of the molecule is Cc1c([C@@H](C)NC(=O)Nc2ccc3c(c2F)CCNC3=O)oc2ccccc12. The molecule has 2 aromatic carbocycles. The van der Waals surface area contributed by atoms with Crippen LogP contribution in [0.25, 0.3) is 11.0 Å². The van der Waals surface area contributed by atoms with Gasteiger partial charge in [-0.05, 0) is 38.5 Å². The molecule has 0 bridgehead atoms. The van der Waals surface area contributed by atoms with Crippen LogP contribution in [-0.4, -0.2) is 18.5 Å². The molecule has 3 N–H and O–H groups in total. The molecule has 2 heterocycles. The Labute approximate surface area is 161 Å². The highest BCUT2D eigenvalue weighted by Gasteiger charge is 2.23. The molecule has 0 radical (unpaired) electrons. The summed E-state index contributed by atoms with van der Waals surface area (Å²) < 4.78 is 20.6. The number of carbonyl (C=O) groups excluding carboxylic acids is 2. The molecule has 3 amide bonds. The number of halogens is 1. The van der Waals surface area contributed by atoms with Crippen LogP contribution in [0.5, 0.6) is 0 Å². The van der Waals surface area contributed by atoms with Crippen molar-refractivity contribution in [1.29, 1.82) is 0 Å². The second kappa shape index (κ2) is 6.99. The van der Waals surface area contributed by atoms with Crippen molar-refractivity contribution in [2.75, 3.05) is 11.9 Å². The summed E-state index contributed by atoms with van der Waals surface area (Å²) in [6.07, 6.45) is 0.388. The Morgan fingerprint density at radius 2 is 2.04 bits per heavy atom. The number of benzene rings is 2. The molecule has 0 saturated carbocycles. The van der Waals surface area contributed by atoms with Gasteiger partial charge in [-0.15, -0.1) is 0 Å². The van der Waals surface area contributed by atoms with E-state index in [9.17, 15) is 14.0 Å². The molecule has 28 heavy (non-hydrogen) atoms. The van der Waals surface area contributed by atoms with E-state index in [0.717, 1.165) is 16.5 Å². The molecule has 0 spiro atoms. The number of anilines is 1. The fourth-order valence-electron chi connectivity index (χ4n) is 3.60. The normalized spacial score (nSPS) is 14.3. The fourth-order valence-corrected chi connectivity index (χ4v) is 3.60. The van der Waals surface area contributed by atoms with Crippen LogP contribution in [-0.2, 0) is 6.42 Å². The third-order valence-corrected chi connectivity index (χ3v) is 5.02. The first-order valence-corrected chi connectivity index (χ1v) is 9.11. The van der Waals surface area contributed by atoms with Gasteiger partial charge in [-0.25, -0.2) is 9.18 Å². The van der Waals surface area contributed by atoms with Crippen LogP contribution in [0, 0.1) is 12.7 Å². The summed E-state index contributed by atoms with van der Waals surface area (Å²) in [5.74, 6) is -0.223. The quantitative estimate of drug-likeness (QED) is 0.640. The molecular formula is C21H20FN3O3. The lowest BCUT2D eigenvalue weighted by Gasteiger charge is -2.19. The standard InChI is InChI=1S/C21H20FN3O3/c1-11-13-5-3-4-6-17(13)28-19(11)12(2)24-21(27)25-16-8-7-15-14(18(16)22)9-10-23-20(15)26/h3-8,12H,9-10H2,1-2H3,(H,23,26)(H2,24,25,27)/t12-/m1/s1. The smallest absolute Gasteiger partial charge is 0.319 e. The van der Waals surface area contributed by atoms with Gasteiger partial charge in [0, 0.05) is 28.6 Å². The summed E-state index contributed by atoms with van der Waals surface area (Å²) in [6, 6.07) is 9.62. The van der Waals surface area contributed by atoms with Gasteiger partial charge in [0.15, 0.2) is 5.82 Å². The van der Waals surface area contributed by atoms with Crippen LogP contribution in [0.15, 0.2) is 40.8 Å². The zero-order valence-corrected chi connectivity index (χ0v) is 15.6. The number of amides is 3. The Kier molecular flexibility index (Phi) is 4.50. The number of aryl methyl sites for hydroxylation is 1. The summed E-state index contributed by atoms with van der Waals surface area (Å²) >= 11 is 0. The summed E-state index contributed by atoms with van der Waals surface area (Å²) in [5.41, 5.74) is 2.38. The molecule has 1 atom stereocenters. The zero-order chi connectivity index (χ0) is 19.8. The van der Waals surface area contributed by atoms with Crippen LogP contribution in [0.4, 0.5) is 14.9 Å². The maximum Gasteiger partial charge on any atom is 0.319 e. The minimum Gasteiger partial charge on any atom is -0.459 e. The van der Waals surface area contributed by atoms with Crippen molar-refractivity contribution in [3.63, 3.8) is 0 Å². The molecule has 1 aromatic heterocycles. The summed E-state index contributed by atoms with van der Waals surface area (Å²) in [6.45, 7) is 4.12. The first-order valence-electron chi connectivity index (χ1n) is 9.11. The van der Waals surface area contributed by atoms with Crippen molar-refractivity contribution in [3.8, 4) is 0 Å². The van der Waals surface area contributed by atoms with Gasteiger partial charge in [-0.1, -0.05) is 18.2 Å². The third-order valence-electron chi connectivity index (χ3n) is 5.02. The highest BCUT2D eigenvalue weighted by Crippen LogP contribution is 2.29. The van der Waals surface area contributed by atoms with Crippen molar-refractivity contribution in [2.45, 2.75) is 26.3 Å². The lowest BCUT2D eigenvalue weighted by atomic mass is 9.99. The first-order chi connectivity index (χ1) is 13.5. The number of hydrogen-bond donors (Lipinski definition) is 3. The number of fused-ring (bicyclic) bond motifs is 2. The van der Waals surface area contributed by atoms with Crippen LogP contribution < -0.4 is 16.0 Å². The Morgan fingerprint density at radius 1 is 1.25 bits per heavy atom. The topological polar surface area (TPSA) is 83.4 Å². The van der Waals surface area contributed by atoms with E-state index in [1.165, 1.54) is 12.1 Å². The molecule has 3 aromatic rings. The van der Waals surface area contributed by atoms with Gasteiger partial charge in [0.25, 0.3) is 5.91 Å². The van der Waals surface area contributed by atoms with Crippen LogP contribution in [0.1, 0.15) is 40.2 Å². The predicted molar refractivity (Wildman–Crippen MR) is 104 cm³/mol. The predicted octanol–water partition coefficient (Wildman–Crippen LogP) is 4.05. The molecule has 0 fully saturated rings. The second-order valence-electron chi connectivity index (χ2n) is 6.87. The molecule has 4 rings (SSSR count). The van der Waals surface area contributed by atoms with E-state index in [1.54, 1.807) is 6.92 Å². The summed E-state index contributed by atoms with van der Waals surface area (Å²) in [5, 5.41) is 8.97. The van der Waals surface area contributed by atoms with Crippen LogP contribution in [0.3, 0.4) is 0 Å². The molecule has 1 aliphatic rings. The first kappa shape index (κ1) is 18.0. The number of urea groups is 1. The van der Waals surface area contributed by atoms with E-state index >= 15 is 0 Å². The van der Waals surface area contributed by atoms with Gasteiger partial charge in [0.2, 0.25) is 0 Å². The number of hydrogen-bond acceptors (Lipinski definition) is 3. The van der Waals surface area contributed by atoms with E-state index in [1.807, 2.05) is 31.2 Å². The highest BCUT2D eigenvalue weighted by molar-refractivity contribution is 5.98. The fraction of sp³-hybridized carbons (Fsp3) is 0.238. The monoisotopic (exact) mass is 381 g/mol. The van der Waals surface area contributed by atoms with E-state index in [4.69, 9.17) is 4.42 Å². The average molecular weight is 381 g/mol. The molecule has 0 saturated heterocycles. The van der Waals surface area contributed by atoms with Gasteiger partial charge in [-0.3, -0.25) is 4.79 Å². The van der Waals surface area contributed by atoms with Crippen molar-refractivity contribution in [1.82, 2.24) is 10.6 Å². The molecule has 0 aliphatic carbocycles. The lowest BCUT2D eigenvalue weighted by Crippen LogP contribution is -2.34. The highest BCUT2D eigenvalue weighted by atomic mass is 19.1. The number of para-hydroxylation sites is 1. The largest absolute Gasteiger partial charge is 0.459 e. The van der Waals surface area contributed by atoms with Crippen LogP contribution in [0.2, 0.25) is 0 Å². The van der Waals surface area contributed by atoms with Crippen molar-refractivity contribution >= 4 is 28.6 Å². The Balaban J connectivity index is 1.51. The number of carbonyl (C=O) groups is 2. The molecular weight excluding hydrogens is 361 g/mol. The Morgan fingerprint density at radius 3 is 2.82 bits per heavy atom. The minimum atomic E-state index is -0.574. The number of rotatable bonds is 3. The van der Waals surface area contributed by atoms with Crippen LogP contribution >= 0.6 is 0 Å². The second-order valence-corrected chi connectivity index (χ2v) is 6.87. The maximum atomic E-state index is 14.7. The Hall–Kier alpha value is -3.35. The molecule has 1 aliphatic heterocycles. The van der Waals surface area contributed by atoms with E-state index in [-0.39, 0.29) is 11.6 Å². The van der Waals surface area contributed by atoms with Gasteiger partial charge < -0.3 is 20.4 Å². The van der Waals surface area contributed by atoms with Crippen molar-refractivity contribution in [3.05, 3.63) is 64.7 Å². The van der Waals surface area contributed by atoms with Gasteiger partial charge in [0.05, 0.1) is 11.7 Å². The van der Waals surface area contributed by atoms with Gasteiger partial charge in [0.1, 0.15) is 11.3 Å². The summed E-state index contributed by atoms with van der Waals surface area (Å²) in [4.78, 5) is 24.2. The average Bonchev–Trinajstić information content (AvgIpc) is 3.02. The minimum absolute atomic E-state index is 0.0412. The molecule has 6 nitrogen and oxygen atoms in total. The molecule has 144 valence electrons. The third kappa shape index (κ3) is 3.09. The van der Waals surface area contributed by atoms with E-state index in [0.29, 0.717) is 29.9 Å².